The van der Waals surface area contributed by atoms with E-state index >= 15 is 0 Å². The number of esters is 1. The van der Waals surface area contributed by atoms with E-state index in [0.717, 1.165) is 29.5 Å². The Morgan fingerprint density at radius 2 is 1.41 bits per heavy atom. The molecule has 152 valence electrons. The lowest BCUT2D eigenvalue weighted by Crippen LogP contribution is -2.35. The highest BCUT2D eigenvalue weighted by molar-refractivity contribution is 7.00. The summed E-state index contributed by atoms with van der Waals surface area (Å²) in [6.45, 7) is 15.9. The average molecular weight is 394 g/mol. The quantitative estimate of drug-likeness (QED) is 0.312. The van der Waals surface area contributed by atoms with Gasteiger partial charge in [0.1, 0.15) is 9.12 Å². The van der Waals surface area contributed by atoms with Crippen LogP contribution in [-0.4, -0.2) is 17.9 Å². The van der Waals surface area contributed by atoms with E-state index in [-0.39, 0.29) is 23.6 Å². The van der Waals surface area contributed by atoms with Crippen LogP contribution < -0.4 is 0 Å². The van der Waals surface area contributed by atoms with Gasteiger partial charge in [-0.2, -0.15) is 0 Å². The fraction of sp³-hybridized carbons (Fsp3) is 0.636. The van der Waals surface area contributed by atoms with Crippen molar-refractivity contribution in [1.29, 1.82) is 0 Å². The number of Topliss-reactive ketones (excluding diaryl/α,β-unsaturated/α-hetero) is 1. The van der Waals surface area contributed by atoms with Gasteiger partial charge in [0.05, 0.1) is 5.92 Å². The molecule has 0 spiro atoms. The predicted molar refractivity (Wildman–Crippen MR) is 112 cm³/mol. The van der Waals surface area contributed by atoms with E-state index in [9.17, 15) is 9.59 Å². The summed E-state index contributed by atoms with van der Waals surface area (Å²) in [6, 6.07) is 4.01. The van der Waals surface area contributed by atoms with Crippen LogP contribution in [0.25, 0.3) is 0 Å². The van der Waals surface area contributed by atoms with Gasteiger partial charge in [0.15, 0.2) is 6.10 Å². The smallest absolute Gasteiger partial charge is 0.309 e. The minimum atomic E-state index is -0.728. The molecule has 4 nitrogen and oxygen atoms in total. The van der Waals surface area contributed by atoms with E-state index in [1.807, 2.05) is 53.7 Å². The number of carbonyl (C=O) groups excluding carboxylic acids is 2. The van der Waals surface area contributed by atoms with Crippen molar-refractivity contribution in [3.63, 3.8) is 0 Å². The van der Waals surface area contributed by atoms with Crippen LogP contribution in [0.5, 0.6) is 0 Å². The number of rotatable bonds is 8. The molecular formula is C22H35O4P. The van der Waals surface area contributed by atoms with Gasteiger partial charge in [0.2, 0.25) is 5.78 Å². The van der Waals surface area contributed by atoms with Crippen LogP contribution in [0.4, 0.5) is 0 Å². The topological polar surface area (TPSA) is 60.4 Å². The van der Waals surface area contributed by atoms with Crippen LogP contribution in [0.3, 0.4) is 0 Å². The van der Waals surface area contributed by atoms with Crippen molar-refractivity contribution in [2.45, 2.75) is 74.3 Å². The maximum Gasteiger partial charge on any atom is 0.309 e. The standard InChI is InChI=1S/C22H34O3.HOP/c1-13(2)9-10-16(6)22(24)25-21(14(3)4)20(23)19-17(7)11-15(5)12-18(19)8;1-2/h11-14,16,21H,9-10H2,1-8H3;2H. The van der Waals surface area contributed by atoms with Gasteiger partial charge in [0.25, 0.3) is 0 Å². The lowest BCUT2D eigenvalue weighted by Gasteiger charge is -2.24. The Bertz CT molecular complexity index is 614. The molecule has 0 heterocycles. The largest absolute Gasteiger partial charge is 0.453 e. The van der Waals surface area contributed by atoms with Crippen LogP contribution in [-0.2, 0) is 14.1 Å². The molecule has 0 amide bonds. The van der Waals surface area contributed by atoms with Crippen molar-refractivity contribution < 1.29 is 18.9 Å². The van der Waals surface area contributed by atoms with E-state index in [2.05, 4.69) is 13.8 Å². The third-order valence-electron chi connectivity index (χ3n) is 4.61. The van der Waals surface area contributed by atoms with Crippen LogP contribution >= 0.6 is 9.12 Å². The van der Waals surface area contributed by atoms with Crippen molar-refractivity contribution in [2.24, 2.45) is 17.8 Å². The number of aryl methyl sites for hydroxylation is 3. The number of hydrogen-bond donors (Lipinski definition) is 0. The third-order valence-corrected chi connectivity index (χ3v) is 4.61. The summed E-state index contributed by atoms with van der Waals surface area (Å²) >= 11 is 0. The Morgan fingerprint density at radius 1 is 0.926 bits per heavy atom. The third kappa shape index (κ3) is 7.92. The molecule has 2 unspecified atom stereocenters. The number of ether oxygens (including phenoxy) is 1. The molecule has 0 saturated heterocycles. The molecule has 0 radical (unpaired) electrons. The summed E-state index contributed by atoms with van der Waals surface area (Å²) in [5, 5.41) is 0. The number of carbonyl (C=O) groups is 2. The molecule has 0 fully saturated rings. The highest BCUT2D eigenvalue weighted by Crippen LogP contribution is 2.23. The van der Waals surface area contributed by atoms with Gasteiger partial charge in [-0.3, -0.25) is 14.2 Å². The van der Waals surface area contributed by atoms with E-state index < -0.39 is 6.10 Å². The zero-order chi connectivity index (χ0) is 21.3. The molecule has 5 heteroatoms. The Kier molecular flexibility index (Phi) is 11.3. The molecule has 0 aliphatic carbocycles. The van der Waals surface area contributed by atoms with Gasteiger partial charge in [0, 0.05) is 5.56 Å². The Balaban J connectivity index is 0.00000326. The van der Waals surface area contributed by atoms with Crippen LogP contribution in [0, 0.1) is 38.5 Å². The van der Waals surface area contributed by atoms with Gasteiger partial charge in [-0.1, -0.05) is 58.7 Å². The first-order chi connectivity index (χ1) is 12.5. The molecule has 1 aromatic carbocycles. The van der Waals surface area contributed by atoms with E-state index in [4.69, 9.17) is 9.30 Å². The van der Waals surface area contributed by atoms with Gasteiger partial charge in [-0.05, 0) is 50.2 Å². The maximum absolute atomic E-state index is 13.1. The second-order valence-electron chi connectivity index (χ2n) is 8.11. The van der Waals surface area contributed by atoms with Crippen molar-refractivity contribution in [1.82, 2.24) is 0 Å². The van der Waals surface area contributed by atoms with Gasteiger partial charge in [-0.15, -0.1) is 0 Å². The first-order valence-corrected chi connectivity index (χ1v) is 9.98. The van der Waals surface area contributed by atoms with Gasteiger partial charge >= 0.3 is 5.97 Å². The SMILES string of the molecule is Cc1cc(C)c(C(=O)C(OC(=O)C(C)CCC(C)C)C(C)C)c(C)c1.O=P. The summed E-state index contributed by atoms with van der Waals surface area (Å²) in [5.41, 5.74) is 3.70. The molecule has 0 aliphatic rings. The minimum Gasteiger partial charge on any atom is -0.453 e. The molecule has 2 atom stereocenters. The Morgan fingerprint density at radius 3 is 1.81 bits per heavy atom. The average Bonchev–Trinajstić information content (AvgIpc) is 2.57. The molecule has 27 heavy (non-hydrogen) atoms. The number of benzene rings is 1. The van der Waals surface area contributed by atoms with Crippen LogP contribution in [0.15, 0.2) is 12.1 Å². The zero-order valence-corrected chi connectivity index (χ0v) is 19.0. The first kappa shape index (κ1) is 25.5. The molecule has 0 saturated carbocycles. The molecule has 0 aromatic heterocycles. The molecule has 0 aliphatic heterocycles. The highest BCUT2D eigenvalue weighted by atomic mass is 31.0. The van der Waals surface area contributed by atoms with E-state index in [1.165, 1.54) is 0 Å². The van der Waals surface area contributed by atoms with E-state index in [0.29, 0.717) is 11.5 Å². The molecule has 0 N–H and O–H groups in total. The monoisotopic (exact) mass is 394 g/mol. The molecule has 0 bridgehead atoms. The maximum atomic E-state index is 13.1. The minimum absolute atomic E-state index is 0.0612. The highest BCUT2D eigenvalue weighted by Gasteiger charge is 2.31. The fourth-order valence-electron chi connectivity index (χ4n) is 3.15. The fourth-order valence-corrected chi connectivity index (χ4v) is 3.15. The summed E-state index contributed by atoms with van der Waals surface area (Å²) in [7, 11) is 1.72. The van der Waals surface area contributed by atoms with Crippen molar-refractivity contribution >= 4 is 20.9 Å². The van der Waals surface area contributed by atoms with Gasteiger partial charge < -0.3 is 4.74 Å². The molecule has 1 rings (SSSR count). The van der Waals surface area contributed by atoms with E-state index in [1.54, 1.807) is 9.12 Å². The number of hydrogen-bond acceptors (Lipinski definition) is 4. The second-order valence-corrected chi connectivity index (χ2v) is 8.11. The normalized spacial score (nSPS) is 13.0. The van der Waals surface area contributed by atoms with Gasteiger partial charge in [-0.25, -0.2) is 0 Å². The second kappa shape index (κ2) is 12.0. The zero-order valence-electron chi connectivity index (χ0n) is 18.0. The lowest BCUT2D eigenvalue weighted by molar-refractivity contribution is -0.153. The van der Waals surface area contributed by atoms with Crippen LogP contribution in [0.1, 0.15) is 74.5 Å². The number of ketones is 1. The molecule has 1 aromatic rings. The molecular weight excluding hydrogens is 359 g/mol. The summed E-state index contributed by atoms with van der Waals surface area (Å²) in [6.07, 6.45) is 1.04. The van der Waals surface area contributed by atoms with Crippen LogP contribution in [0.2, 0.25) is 0 Å². The predicted octanol–water partition coefficient (Wildman–Crippen LogP) is 5.91. The summed E-state index contributed by atoms with van der Waals surface area (Å²) in [4.78, 5) is 25.5. The summed E-state index contributed by atoms with van der Waals surface area (Å²) < 4.78 is 13.7. The van der Waals surface area contributed by atoms with Crippen molar-refractivity contribution in [3.8, 4) is 0 Å². The lowest BCUT2D eigenvalue weighted by atomic mass is 9.90. The first-order valence-electron chi connectivity index (χ1n) is 9.57. The van der Waals surface area contributed by atoms with Crippen molar-refractivity contribution in [2.75, 3.05) is 0 Å². The Labute approximate surface area is 166 Å². The van der Waals surface area contributed by atoms with Crippen molar-refractivity contribution in [3.05, 3.63) is 34.4 Å². The summed E-state index contributed by atoms with van der Waals surface area (Å²) in [5.74, 6) is -0.0503. The Hall–Kier alpha value is -1.54.